The Bertz CT molecular complexity index is 1590. The zero-order valence-corrected chi connectivity index (χ0v) is 52.0. The van der Waals surface area contributed by atoms with Crippen LogP contribution >= 0.6 is 0 Å². The fourth-order valence-electron chi connectivity index (χ4n) is 11.3. The van der Waals surface area contributed by atoms with Crippen LogP contribution in [0, 0.1) is 13.8 Å². The topological polar surface area (TPSA) is 25.3 Å². The van der Waals surface area contributed by atoms with Gasteiger partial charge in [0.1, 0.15) is 0 Å². The molecule has 1 heterocycles. The van der Waals surface area contributed by atoms with Crippen molar-refractivity contribution in [2.75, 3.05) is 0 Å². The summed E-state index contributed by atoms with van der Waals surface area (Å²) in [6.45, 7) is 10.9. The van der Waals surface area contributed by atoms with Gasteiger partial charge in [-0.3, -0.25) is 0 Å². The Hall–Kier alpha value is -1.99. The van der Waals surface area contributed by atoms with Crippen LogP contribution in [0.3, 0.4) is 0 Å². The van der Waals surface area contributed by atoms with Crippen LogP contribution in [0.2, 0.25) is 10.8 Å². The Balaban J connectivity index is 0.000000714. The molecule has 2 aromatic rings. The number of allylic oxidation sites excluding steroid dienone is 2. The van der Waals surface area contributed by atoms with E-state index in [2.05, 4.69) is 79.4 Å². The molecule has 0 atom stereocenters. The first kappa shape index (κ1) is 69.1. The van der Waals surface area contributed by atoms with Crippen LogP contribution in [0.4, 0.5) is 0 Å². The van der Waals surface area contributed by atoms with Crippen LogP contribution in [0.15, 0.2) is 60.2 Å². The van der Waals surface area contributed by atoms with E-state index in [-0.39, 0.29) is 0 Å². The molecule has 0 saturated carbocycles. The van der Waals surface area contributed by atoms with Crippen molar-refractivity contribution >= 4 is 11.4 Å². The predicted octanol–water partition coefficient (Wildman–Crippen LogP) is 26.2. The van der Waals surface area contributed by atoms with Crippen molar-refractivity contribution < 1.29 is 19.1 Å². The Morgan fingerprint density at radius 3 is 0.853 bits per heavy atom. The average Bonchev–Trinajstić information content (AvgIpc) is 3.76. The summed E-state index contributed by atoms with van der Waals surface area (Å²) in [6, 6.07) is 16.5. The first-order valence-electron chi connectivity index (χ1n) is 33.5. The third-order valence-corrected chi connectivity index (χ3v) is 17.6. The first-order valence-corrected chi connectivity index (χ1v) is 34.9. The predicted molar refractivity (Wildman–Crippen MR) is 334 cm³/mol. The molecule has 0 aromatic heterocycles. The molecule has 434 valence electrons. The first-order chi connectivity index (χ1) is 37.0. The summed E-state index contributed by atoms with van der Waals surface area (Å²) in [5, 5.41) is 2.87. The molecule has 0 radical (unpaired) electrons. The van der Waals surface area contributed by atoms with E-state index in [1.165, 1.54) is 335 Å². The van der Waals surface area contributed by atoms with Gasteiger partial charge in [0.05, 0.1) is 0 Å². The van der Waals surface area contributed by atoms with Crippen LogP contribution in [-0.4, -0.2) is 4.70 Å². The van der Waals surface area contributed by atoms with E-state index in [9.17, 15) is 5.53 Å². The van der Waals surface area contributed by atoms with Gasteiger partial charge >= 0.3 is 166 Å². The van der Waals surface area contributed by atoms with Crippen LogP contribution in [0.1, 0.15) is 358 Å². The summed E-state index contributed by atoms with van der Waals surface area (Å²) in [7, 11) is 0. The second-order valence-corrected chi connectivity index (χ2v) is 25.0. The van der Waals surface area contributed by atoms with Crippen LogP contribution in [0.25, 0.3) is 16.9 Å². The van der Waals surface area contributed by atoms with Crippen molar-refractivity contribution in [3.63, 3.8) is 0 Å². The molecular formula is C72H126N2Ni. The second-order valence-electron chi connectivity index (χ2n) is 23.5. The SMILES string of the molecule is CCC1=C(c2cccc(C)c2)[N+](=[N-])C(c2cccc(C)c2)=C1.CCCCCCCCCCCCCCCCCCCCCCCCC[CH2][Ni][CH2]CCCCCCCCCCCCCCCCCCCCCCCCC. The minimum absolute atomic E-state index is 0.844. The third-order valence-electron chi connectivity index (χ3n) is 16.2. The molecule has 0 spiro atoms. The number of nitrogens with zero attached hydrogens (tertiary/aromatic N) is 2. The van der Waals surface area contributed by atoms with E-state index < -0.39 is 0 Å². The molecule has 2 aromatic carbocycles. The fraction of sp³-hybridized carbons (Fsp3) is 0.778. The van der Waals surface area contributed by atoms with Crippen molar-refractivity contribution in [2.45, 2.75) is 360 Å². The van der Waals surface area contributed by atoms with E-state index in [0.717, 1.165) is 34.5 Å². The van der Waals surface area contributed by atoms with Gasteiger partial charge in [-0.15, -0.1) is 0 Å². The third kappa shape index (κ3) is 39.9. The van der Waals surface area contributed by atoms with Crippen molar-refractivity contribution in [2.24, 2.45) is 0 Å². The van der Waals surface area contributed by atoms with E-state index in [1.807, 2.05) is 24.3 Å². The summed E-state index contributed by atoms with van der Waals surface area (Å²) >= 11 is 2.05. The fourth-order valence-corrected chi connectivity index (χ4v) is 12.5. The van der Waals surface area contributed by atoms with Gasteiger partial charge in [0.2, 0.25) is 11.4 Å². The number of benzene rings is 2. The molecule has 0 bridgehead atoms. The molecule has 3 rings (SSSR count). The van der Waals surface area contributed by atoms with Crippen molar-refractivity contribution in [3.8, 4) is 0 Å². The number of unbranched alkanes of at least 4 members (excludes halogenated alkanes) is 46. The number of hydrogen-bond donors (Lipinski definition) is 0. The van der Waals surface area contributed by atoms with Gasteiger partial charge in [0.15, 0.2) is 0 Å². The standard InChI is InChI=1S/2C26H53.C20H20N2.Ni/c2*1-3-5-7-9-11-13-15-17-19-21-23-25-26-24-22-20-18-16-14-12-10-8-6-4-2;1-4-16-13-19(17-9-5-7-14(2)11-17)22(21)20(16)18-10-6-8-15(3)12-18;/h2*1,3-26H2,2H3;5-13H,4H2,1-3H3;. The minimum Gasteiger partial charge on any atom is -0.0654 e. The van der Waals surface area contributed by atoms with Gasteiger partial charge in [0.25, 0.3) is 0 Å². The Labute approximate surface area is 475 Å². The van der Waals surface area contributed by atoms with Gasteiger partial charge < -0.3 is 5.53 Å². The smallest absolute Gasteiger partial charge is 0.0654 e. The second kappa shape index (κ2) is 52.7. The molecular weight excluding hydrogens is 951 g/mol. The maximum absolute atomic E-state index is 10.7. The quantitative estimate of drug-likeness (QED) is 0.0358. The van der Waals surface area contributed by atoms with Crippen LogP contribution in [-0.2, 0) is 14.4 Å². The minimum atomic E-state index is 0.844. The molecule has 0 unspecified atom stereocenters. The molecule has 1 aliphatic heterocycles. The zero-order valence-electron chi connectivity index (χ0n) is 51.0. The monoisotopic (exact) mass is 1080 g/mol. The van der Waals surface area contributed by atoms with Crippen LogP contribution in [0.5, 0.6) is 0 Å². The Kier molecular flexibility index (Phi) is 48.6. The van der Waals surface area contributed by atoms with Crippen LogP contribution < -0.4 is 0 Å². The van der Waals surface area contributed by atoms with Gasteiger partial charge in [-0.1, -0.05) is 223 Å². The summed E-state index contributed by atoms with van der Waals surface area (Å²) in [6.07, 6.45) is 74.2. The maximum atomic E-state index is 10.7. The molecule has 0 N–H and O–H groups in total. The molecule has 75 heavy (non-hydrogen) atoms. The Morgan fingerprint density at radius 1 is 0.333 bits per heavy atom. The molecule has 0 aliphatic carbocycles. The van der Waals surface area contributed by atoms with Crippen molar-refractivity contribution in [1.29, 1.82) is 0 Å². The van der Waals surface area contributed by atoms with Gasteiger partial charge in [-0.05, 0) is 44.5 Å². The molecule has 0 amide bonds. The number of hydrogen-bond acceptors (Lipinski definition) is 0. The molecule has 0 saturated heterocycles. The summed E-state index contributed by atoms with van der Waals surface area (Å²) < 4.78 is 1.34. The summed E-state index contributed by atoms with van der Waals surface area (Å²) in [5.41, 5.74) is 18.1. The Morgan fingerprint density at radius 2 is 0.587 bits per heavy atom. The van der Waals surface area contributed by atoms with Gasteiger partial charge in [-0.2, -0.15) is 0 Å². The van der Waals surface area contributed by atoms with E-state index in [4.69, 9.17) is 0 Å². The van der Waals surface area contributed by atoms with E-state index in [0.29, 0.717) is 0 Å². The summed E-state index contributed by atoms with van der Waals surface area (Å²) in [4.78, 5) is 0. The van der Waals surface area contributed by atoms with Gasteiger partial charge in [-0.25, -0.2) is 4.70 Å². The van der Waals surface area contributed by atoms with Crippen molar-refractivity contribution in [3.05, 3.63) is 88.0 Å². The van der Waals surface area contributed by atoms with E-state index >= 15 is 0 Å². The van der Waals surface area contributed by atoms with Gasteiger partial charge in [0, 0.05) is 22.8 Å². The summed E-state index contributed by atoms with van der Waals surface area (Å²) in [5.74, 6) is 0. The number of aryl methyl sites for hydroxylation is 2. The molecule has 1 aliphatic rings. The molecule has 0 fully saturated rings. The molecule has 2 nitrogen and oxygen atoms in total. The normalized spacial score (nSPS) is 12.5. The number of rotatable bonds is 53. The van der Waals surface area contributed by atoms with Crippen molar-refractivity contribution in [1.82, 2.24) is 0 Å². The van der Waals surface area contributed by atoms with E-state index in [1.54, 1.807) is 0 Å². The average molecular weight is 1080 g/mol. The molecule has 3 heteroatoms. The zero-order chi connectivity index (χ0) is 53.8.